The zero-order valence-electron chi connectivity index (χ0n) is 22.1. The Morgan fingerprint density at radius 2 is 1.87 bits per heavy atom. The molecule has 2 heterocycles. The molecule has 11 heteroatoms. The molecule has 2 aromatic carbocycles. The third-order valence-electron chi connectivity index (χ3n) is 6.67. The van der Waals surface area contributed by atoms with Crippen LogP contribution in [0.25, 0.3) is 0 Å². The van der Waals surface area contributed by atoms with Gasteiger partial charge in [0.2, 0.25) is 0 Å². The monoisotopic (exact) mass is 536 g/mol. The fourth-order valence-electron chi connectivity index (χ4n) is 4.36. The van der Waals surface area contributed by atoms with Crippen LogP contribution in [0.2, 0.25) is 0 Å². The van der Waals surface area contributed by atoms with E-state index in [9.17, 15) is 19.5 Å². The molecule has 3 N–H and O–H groups in total. The topological polar surface area (TPSA) is 143 Å². The Morgan fingerprint density at radius 3 is 2.56 bits per heavy atom. The van der Waals surface area contributed by atoms with Gasteiger partial charge in [-0.25, -0.2) is 9.59 Å². The highest BCUT2D eigenvalue weighted by Crippen LogP contribution is 2.20. The smallest absolute Gasteiger partial charge is 0.339 e. The molecule has 3 aromatic rings. The number of likely N-dealkylation sites (tertiary alicyclic amines) is 1. The highest BCUT2D eigenvalue weighted by molar-refractivity contribution is 6.00. The molecule has 0 bridgehead atoms. The molecule has 4 rings (SSSR count). The molecule has 206 valence electrons. The van der Waals surface area contributed by atoms with Gasteiger partial charge in [-0.3, -0.25) is 4.79 Å². The number of aliphatic hydroxyl groups excluding tert-OH is 1. The number of esters is 1. The number of ether oxygens (including phenoxy) is 2. The largest absolute Gasteiger partial charge is 0.489 e. The lowest BCUT2D eigenvalue weighted by Crippen LogP contribution is -2.50. The number of nitrogens with zero attached hydrogens (tertiary/aromatic N) is 2. The highest BCUT2D eigenvalue weighted by Gasteiger charge is 2.30. The van der Waals surface area contributed by atoms with Crippen LogP contribution in [0.3, 0.4) is 0 Å². The summed E-state index contributed by atoms with van der Waals surface area (Å²) < 4.78 is 15.7. The van der Waals surface area contributed by atoms with Crippen molar-refractivity contribution < 1.29 is 33.5 Å². The number of anilines is 1. The molecule has 1 fully saturated rings. The van der Waals surface area contributed by atoms with Crippen molar-refractivity contribution in [3.63, 3.8) is 0 Å². The van der Waals surface area contributed by atoms with Crippen molar-refractivity contribution >= 4 is 23.6 Å². The fraction of sp³-hybridized carbons (Fsp3) is 0.357. The molecule has 0 radical (unpaired) electrons. The lowest BCUT2D eigenvalue weighted by Gasteiger charge is -2.27. The number of amides is 3. The molecule has 39 heavy (non-hydrogen) atoms. The summed E-state index contributed by atoms with van der Waals surface area (Å²) >= 11 is 0. The van der Waals surface area contributed by atoms with Gasteiger partial charge in [0, 0.05) is 18.7 Å². The number of aryl methyl sites for hydroxylation is 2. The maximum absolute atomic E-state index is 13.1. The lowest BCUT2D eigenvalue weighted by molar-refractivity contribution is 0.0601. The molecular formula is C28H32N4O7. The average Bonchev–Trinajstić information content (AvgIpc) is 3.14. The summed E-state index contributed by atoms with van der Waals surface area (Å²) in [5.74, 6) is 0.328. The minimum Gasteiger partial charge on any atom is -0.489 e. The summed E-state index contributed by atoms with van der Waals surface area (Å²) in [5, 5.41) is 20.2. The first-order chi connectivity index (χ1) is 18.8. The van der Waals surface area contributed by atoms with E-state index in [1.165, 1.54) is 12.0 Å². The van der Waals surface area contributed by atoms with E-state index in [-0.39, 0.29) is 18.0 Å². The number of nitrogens with one attached hydrogen (secondary N) is 2. The van der Waals surface area contributed by atoms with Gasteiger partial charge in [-0.1, -0.05) is 17.3 Å². The van der Waals surface area contributed by atoms with Gasteiger partial charge >= 0.3 is 12.0 Å². The number of carbonyl (C=O) groups is 3. The van der Waals surface area contributed by atoms with Crippen LogP contribution >= 0.6 is 0 Å². The average molecular weight is 537 g/mol. The molecular weight excluding hydrogens is 504 g/mol. The Kier molecular flexibility index (Phi) is 8.82. The molecule has 1 saturated heterocycles. The second-order valence-electron chi connectivity index (χ2n) is 9.32. The Balaban J connectivity index is 1.37. The van der Waals surface area contributed by atoms with Gasteiger partial charge in [0.1, 0.15) is 18.1 Å². The maximum Gasteiger partial charge on any atom is 0.339 e. The van der Waals surface area contributed by atoms with Gasteiger partial charge in [-0.05, 0) is 63.1 Å². The second kappa shape index (κ2) is 12.4. The number of methoxy groups -OCH3 is 1. The number of urea groups is 1. The van der Waals surface area contributed by atoms with Crippen LogP contribution in [0, 0.1) is 13.8 Å². The van der Waals surface area contributed by atoms with Gasteiger partial charge in [0.15, 0.2) is 0 Å². The Labute approximate surface area is 226 Å². The highest BCUT2D eigenvalue weighted by atomic mass is 16.5. The van der Waals surface area contributed by atoms with Gasteiger partial charge in [-0.2, -0.15) is 0 Å². The second-order valence-corrected chi connectivity index (χ2v) is 9.32. The SMILES string of the molecule is COC(=O)c1ccccc1NC(=O)N1CCC[C@@H](O)[C@H](NC(=O)c2ccc(OCc3c(C)noc3C)cc2)C1. The van der Waals surface area contributed by atoms with Crippen LogP contribution in [-0.4, -0.2) is 65.4 Å². The Bertz CT molecular complexity index is 1300. The zero-order chi connectivity index (χ0) is 27.9. The molecule has 0 spiro atoms. The van der Waals surface area contributed by atoms with Crippen molar-refractivity contribution in [2.45, 2.75) is 45.4 Å². The number of para-hydroxylation sites is 1. The van der Waals surface area contributed by atoms with Crippen molar-refractivity contribution in [3.8, 4) is 5.75 Å². The number of benzene rings is 2. The predicted molar refractivity (Wildman–Crippen MR) is 142 cm³/mol. The van der Waals surface area contributed by atoms with E-state index in [2.05, 4.69) is 15.8 Å². The van der Waals surface area contributed by atoms with E-state index < -0.39 is 24.1 Å². The van der Waals surface area contributed by atoms with Crippen LogP contribution in [0.15, 0.2) is 53.1 Å². The molecule has 3 amide bonds. The molecule has 0 saturated carbocycles. The molecule has 1 aliphatic heterocycles. The lowest BCUT2D eigenvalue weighted by atomic mass is 10.1. The maximum atomic E-state index is 13.1. The molecule has 11 nitrogen and oxygen atoms in total. The summed E-state index contributed by atoms with van der Waals surface area (Å²) in [4.78, 5) is 39.6. The molecule has 2 atom stereocenters. The summed E-state index contributed by atoms with van der Waals surface area (Å²) in [6.07, 6.45) is 0.144. The van der Waals surface area contributed by atoms with Gasteiger partial charge in [0.05, 0.1) is 41.8 Å². The number of rotatable bonds is 7. The Morgan fingerprint density at radius 1 is 1.13 bits per heavy atom. The summed E-state index contributed by atoms with van der Waals surface area (Å²) in [5.41, 5.74) is 2.57. The van der Waals surface area contributed by atoms with Crippen LogP contribution in [-0.2, 0) is 11.3 Å². The molecule has 0 aliphatic carbocycles. The van der Waals surface area contributed by atoms with E-state index in [0.29, 0.717) is 48.8 Å². The van der Waals surface area contributed by atoms with Gasteiger partial charge in [0.25, 0.3) is 5.91 Å². The molecule has 1 aliphatic rings. The van der Waals surface area contributed by atoms with Gasteiger partial charge < -0.3 is 34.6 Å². The van der Waals surface area contributed by atoms with E-state index in [1.54, 1.807) is 48.5 Å². The van der Waals surface area contributed by atoms with Crippen molar-refractivity contribution in [1.29, 1.82) is 0 Å². The third kappa shape index (κ3) is 6.74. The summed E-state index contributed by atoms with van der Waals surface area (Å²) in [6, 6.07) is 12.1. The van der Waals surface area contributed by atoms with Crippen molar-refractivity contribution in [1.82, 2.24) is 15.4 Å². The first-order valence-corrected chi connectivity index (χ1v) is 12.6. The zero-order valence-corrected chi connectivity index (χ0v) is 22.1. The standard InChI is InChI=1S/C28H32N4O7/c1-17-22(18(2)39-31-17)16-38-20-12-10-19(11-13-20)26(34)29-24-15-32(14-6-9-25(24)33)28(36)30-23-8-5-4-7-21(23)27(35)37-3/h4-5,7-8,10-13,24-25,33H,6,9,14-16H2,1-3H3,(H,29,34)(H,30,36)/t24-,25-/m1/s1. The minimum atomic E-state index is -0.827. The molecule has 1 aromatic heterocycles. The number of aromatic nitrogens is 1. The van der Waals surface area contributed by atoms with E-state index in [0.717, 1.165) is 11.3 Å². The minimum absolute atomic E-state index is 0.0950. The predicted octanol–water partition coefficient (Wildman–Crippen LogP) is 3.44. The molecule has 0 unspecified atom stereocenters. The third-order valence-corrected chi connectivity index (χ3v) is 6.67. The summed E-state index contributed by atoms with van der Waals surface area (Å²) in [7, 11) is 1.27. The Hall–Kier alpha value is -4.38. The fourth-order valence-corrected chi connectivity index (χ4v) is 4.36. The van der Waals surface area contributed by atoms with E-state index in [4.69, 9.17) is 14.0 Å². The van der Waals surface area contributed by atoms with Crippen LogP contribution < -0.4 is 15.4 Å². The number of hydrogen-bond acceptors (Lipinski definition) is 8. The van der Waals surface area contributed by atoms with Gasteiger partial charge in [-0.15, -0.1) is 0 Å². The number of carbonyl (C=O) groups excluding carboxylic acids is 3. The van der Waals surface area contributed by atoms with Crippen LogP contribution in [0.4, 0.5) is 10.5 Å². The van der Waals surface area contributed by atoms with Crippen molar-refractivity contribution in [3.05, 3.63) is 76.7 Å². The quantitative estimate of drug-likeness (QED) is 0.390. The van der Waals surface area contributed by atoms with E-state index in [1.807, 2.05) is 13.8 Å². The normalized spacial score (nSPS) is 17.2. The number of aliphatic hydroxyl groups is 1. The van der Waals surface area contributed by atoms with Crippen LogP contribution in [0.5, 0.6) is 5.75 Å². The summed E-state index contributed by atoms with van der Waals surface area (Å²) in [6.45, 7) is 4.43. The first-order valence-electron chi connectivity index (χ1n) is 12.6. The van der Waals surface area contributed by atoms with Crippen molar-refractivity contribution in [2.75, 3.05) is 25.5 Å². The first kappa shape index (κ1) is 27.6. The van der Waals surface area contributed by atoms with Crippen LogP contribution in [0.1, 0.15) is 50.6 Å². The number of hydrogen-bond donors (Lipinski definition) is 3. The van der Waals surface area contributed by atoms with E-state index >= 15 is 0 Å². The van der Waals surface area contributed by atoms with Crippen molar-refractivity contribution in [2.24, 2.45) is 0 Å².